The molecule has 0 aliphatic heterocycles. The maximum Gasteiger partial charge on any atom is 0.0903 e. The fraction of sp³-hybridized carbons (Fsp3) is 0.455. The van der Waals surface area contributed by atoms with E-state index in [1.165, 1.54) is 6.42 Å². The van der Waals surface area contributed by atoms with Crippen LogP contribution in [-0.4, -0.2) is 19.7 Å². The minimum absolute atomic E-state index is 0.375. The van der Waals surface area contributed by atoms with E-state index >= 15 is 0 Å². The third-order valence-corrected chi connectivity index (χ3v) is 3.27. The van der Waals surface area contributed by atoms with Crippen molar-refractivity contribution < 1.29 is 5.11 Å². The molecule has 1 saturated carbocycles. The van der Waals surface area contributed by atoms with E-state index in [1.807, 2.05) is 0 Å². The minimum Gasteiger partial charge on any atom is -0.388 e. The van der Waals surface area contributed by atoms with Crippen LogP contribution >= 0.6 is 0 Å². The standard InChI is InChI=1S/C11H13N3O/c15-11(8-2-1-3-8)9-6-13-14-5-4-12-7-10(9)14/h4-8,11,15H,1-3H2. The predicted octanol–water partition coefficient (Wildman–Crippen LogP) is 1.56. The average Bonchev–Trinajstić information content (AvgIpc) is 2.58. The molecule has 1 fully saturated rings. The third kappa shape index (κ3) is 1.33. The molecule has 15 heavy (non-hydrogen) atoms. The fourth-order valence-corrected chi connectivity index (χ4v) is 2.09. The van der Waals surface area contributed by atoms with E-state index in [4.69, 9.17) is 0 Å². The Morgan fingerprint density at radius 1 is 1.40 bits per heavy atom. The van der Waals surface area contributed by atoms with Crippen LogP contribution in [0.1, 0.15) is 30.9 Å². The highest BCUT2D eigenvalue weighted by Crippen LogP contribution is 2.38. The second-order valence-corrected chi connectivity index (χ2v) is 4.14. The molecule has 1 aliphatic rings. The Kier molecular flexibility index (Phi) is 1.95. The number of aromatic nitrogens is 3. The van der Waals surface area contributed by atoms with Crippen molar-refractivity contribution in [3.8, 4) is 0 Å². The molecule has 4 nitrogen and oxygen atoms in total. The lowest BCUT2D eigenvalue weighted by atomic mass is 9.79. The van der Waals surface area contributed by atoms with Gasteiger partial charge in [-0.25, -0.2) is 4.52 Å². The van der Waals surface area contributed by atoms with Crippen LogP contribution in [0.15, 0.2) is 24.8 Å². The van der Waals surface area contributed by atoms with Crippen LogP contribution in [0.3, 0.4) is 0 Å². The number of nitrogens with zero attached hydrogens (tertiary/aromatic N) is 3. The third-order valence-electron chi connectivity index (χ3n) is 3.27. The van der Waals surface area contributed by atoms with Crippen molar-refractivity contribution in [1.82, 2.24) is 14.6 Å². The van der Waals surface area contributed by atoms with Gasteiger partial charge in [0, 0.05) is 18.0 Å². The van der Waals surface area contributed by atoms with Gasteiger partial charge >= 0.3 is 0 Å². The zero-order chi connectivity index (χ0) is 10.3. The number of hydrogen-bond acceptors (Lipinski definition) is 3. The van der Waals surface area contributed by atoms with Crippen LogP contribution < -0.4 is 0 Å². The molecule has 3 rings (SSSR count). The van der Waals surface area contributed by atoms with Gasteiger partial charge in [-0.05, 0) is 18.8 Å². The highest BCUT2D eigenvalue weighted by molar-refractivity contribution is 5.52. The molecule has 0 radical (unpaired) electrons. The maximum atomic E-state index is 10.1. The van der Waals surface area contributed by atoms with Gasteiger partial charge in [0.2, 0.25) is 0 Å². The summed E-state index contributed by atoms with van der Waals surface area (Å²) in [6.45, 7) is 0. The summed E-state index contributed by atoms with van der Waals surface area (Å²) in [6, 6.07) is 0. The van der Waals surface area contributed by atoms with Crippen LogP contribution in [0, 0.1) is 5.92 Å². The van der Waals surface area contributed by atoms with Crippen LogP contribution in [0.2, 0.25) is 0 Å². The monoisotopic (exact) mass is 203 g/mol. The van der Waals surface area contributed by atoms with E-state index in [0.717, 1.165) is 23.9 Å². The normalized spacial score (nSPS) is 19.0. The Morgan fingerprint density at radius 2 is 2.27 bits per heavy atom. The van der Waals surface area contributed by atoms with Crippen LogP contribution in [0.5, 0.6) is 0 Å². The number of rotatable bonds is 2. The lowest BCUT2D eigenvalue weighted by Gasteiger charge is -2.29. The number of aliphatic hydroxyl groups excluding tert-OH is 1. The second kappa shape index (κ2) is 3.31. The summed E-state index contributed by atoms with van der Waals surface area (Å²) in [5.41, 5.74) is 1.82. The Bertz CT molecular complexity index is 475. The SMILES string of the molecule is OC(c1cnn2ccncc12)C1CCC1. The van der Waals surface area contributed by atoms with Gasteiger partial charge in [0.1, 0.15) is 0 Å². The molecule has 2 heterocycles. The summed E-state index contributed by atoms with van der Waals surface area (Å²) in [5, 5.41) is 14.3. The predicted molar refractivity (Wildman–Crippen MR) is 55.3 cm³/mol. The Hall–Kier alpha value is -1.42. The molecule has 1 aliphatic carbocycles. The Morgan fingerprint density at radius 3 is 3.00 bits per heavy atom. The molecule has 0 aromatic carbocycles. The second-order valence-electron chi connectivity index (χ2n) is 4.14. The van der Waals surface area contributed by atoms with Crippen LogP contribution in [0.25, 0.3) is 5.52 Å². The summed E-state index contributed by atoms with van der Waals surface area (Å²) in [7, 11) is 0. The first-order valence-electron chi connectivity index (χ1n) is 5.31. The van der Waals surface area contributed by atoms with E-state index < -0.39 is 0 Å². The van der Waals surface area contributed by atoms with Crippen LogP contribution in [-0.2, 0) is 0 Å². The molecule has 0 saturated heterocycles. The van der Waals surface area contributed by atoms with Gasteiger partial charge in [-0.15, -0.1) is 0 Å². The number of fused-ring (bicyclic) bond motifs is 1. The van der Waals surface area contributed by atoms with Gasteiger partial charge in [-0.2, -0.15) is 5.10 Å². The molecular weight excluding hydrogens is 190 g/mol. The van der Waals surface area contributed by atoms with Gasteiger partial charge in [-0.1, -0.05) is 6.42 Å². The average molecular weight is 203 g/mol. The summed E-state index contributed by atoms with van der Waals surface area (Å²) in [5.74, 6) is 0.415. The summed E-state index contributed by atoms with van der Waals surface area (Å²) in [6.07, 6.45) is 10.1. The highest BCUT2D eigenvalue weighted by Gasteiger charge is 2.28. The molecule has 1 N–H and O–H groups in total. The van der Waals surface area contributed by atoms with Gasteiger partial charge < -0.3 is 5.11 Å². The zero-order valence-electron chi connectivity index (χ0n) is 8.37. The molecule has 0 bridgehead atoms. The van der Waals surface area contributed by atoms with Crippen LogP contribution in [0.4, 0.5) is 0 Å². The summed E-state index contributed by atoms with van der Waals surface area (Å²) >= 11 is 0. The van der Waals surface area contributed by atoms with Gasteiger partial charge in [0.25, 0.3) is 0 Å². The van der Waals surface area contributed by atoms with E-state index in [-0.39, 0.29) is 6.10 Å². The van der Waals surface area contributed by atoms with Crippen molar-refractivity contribution in [3.05, 3.63) is 30.4 Å². The van der Waals surface area contributed by atoms with Crippen molar-refractivity contribution >= 4 is 5.52 Å². The first kappa shape index (κ1) is 8.85. The Labute approximate surface area is 87.6 Å². The number of aliphatic hydroxyl groups is 1. The smallest absolute Gasteiger partial charge is 0.0903 e. The fourth-order valence-electron chi connectivity index (χ4n) is 2.09. The molecule has 78 valence electrons. The first-order valence-corrected chi connectivity index (χ1v) is 5.31. The lowest BCUT2D eigenvalue weighted by Crippen LogP contribution is -2.19. The van der Waals surface area contributed by atoms with Crippen molar-refractivity contribution in [2.75, 3.05) is 0 Å². The molecule has 0 amide bonds. The van der Waals surface area contributed by atoms with Crippen molar-refractivity contribution in [1.29, 1.82) is 0 Å². The van der Waals surface area contributed by atoms with E-state index in [2.05, 4.69) is 10.1 Å². The Balaban J connectivity index is 2.02. The molecule has 4 heteroatoms. The largest absolute Gasteiger partial charge is 0.388 e. The van der Waals surface area contributed by atoms with E-state index in [9.17, 15) is 5.11 Å². The number of hydrogen-bond donors (Lipinski definition) is 1. The van der Waals surface area contributed by atoms with Crippen molar-refractivity contribution in [3.63, 3.8) is 0 Å². The summed E-state index contributed by atoms with van der Waals surface area (Å²) in [4.78, 5) is 4.06. The van der Waals surface area contributed by atoms with Gasteiger partial charge in [0.15, 0.2) is 0 Å². The molecule has 2 aromatic rings. The topological polar surface area (TPSA) is 50.4 Å². The maximum absolute atomic E-state index is 10.1. The molecule has 1 atom stereocenters. The molecule has 0 spiro atoms. The van der Waals surface area contributed by atoms with E-state index in [0.29, 0.717) is 5.92 Å². The lowest BCUT2D eigenvalue weighted by molar-refractivity contribution is 0.0632. The highest BCUT2D eigenvalue weighted by atomic mass is 16.3. The molecular formula is C11H13N3O. The van der Waals surface area contributed by atoms with Crippen molar-refractivity contribution in [2.45, 2.75) is 25.4 Å². The minimum atomic E-state index is -0.375. The summed E-state index contributed by atoms with van der Waals surface area (Å²) < 4.78 is 1.75. The van der Waals surface area contributed by atoms with E-state index in [1.54, 1.807) is 29.3 Å². The quantitative estimate of drug-likeness (QED) is 0.805. The first-order chi connectivity index (χ1) is 7.36. The zero-order valence-corrected chi connectivity index (χ0v) is 8.37. The molecule has 1 unspecified atom stereocenters. The van der Waals surface area contributed by atoms with Crippen molar-refractivity contribution in [2.24, 2.45) is 5.92 Å². The van der Waals surface area contributed by atoms with Gasteiger partial charge in [-0.3, -0.25) is 4.98 Å². The molecule has 2 aromatic heterocycles. The van der Waals surface area contributed by atoms with Gasteiger partial charge in [0.05, 0.1) is 24.0 Å².